The number of pyridine rings is 1. The van der Waals surface area contributed by atoms with Gasteiger partial charge in [0.15, 0.2) is 0 Å². The maximum absolute atomic E-state index is 12.3. The molecule has 3 heterocycles. The predicted octanol–water partition coefficient (Wildman–Crippen LogP) is 3.07. The fourth-order valence-corrected chi connectivity index (χ4v) is 4.08. The van der Waals surface area contributed by atoms with Gasteiger partial charge < -0.3 is 14.8 Å². The molecule has 1 unspecified atom stereocenters. The van der Waals surface area contributed by atoms with Gasteiger partial charge in [-0.3, -0.25) is 4.79 Å². The number of nitrogens with one attached hydrogen (secondary N) is 1. The fraction of sp³-hybridized carbons (Fsp3) is 0.312. The molecule has 1 aliphatic heterocycles. The summed E-state index contributed by atoms with van der Waals surface area (Å²) >= 11 is 3.12. The highest BCUT2D eigenvalue weighted by atomic mass is 32.2. The van der Waals surface area contributed by atoms with Gasteiger partial charge in [0.05, 0.1) is 18.2 Å². The van der Waals surface area contributed by atoms with E-state index in [1.807, 2.05) is 11.8 Å². The Labute approximate surface area is 147 Å². The van der Waals surface area contributed by atoms with Crippen molar-refractivity contribution in [3.8, 4) is 5.88 Å². The summed E-state index contributed by atoms with van der Waals surface area (Å²) in [5, 5.41) is 4.88. The average Bonchev–Trinajstić information content (AvgIpc) is 3.26. The van der Waals surface area contributed by atoms with E-state index in [4.69, 9.17) is 4.74 Å². The number of hydrogen-bond acceptors (Lipinski definition) is 7. The molecule has 1 amide bonds. The van der Waals surface area contributed by atoms with Crippen LogP contribution in [0.2, 0.25) is 0 Å². The largest absolute Gasteiger partial charge is 0.473 e. The Balaban J connectivity index is 1.65. The van der Waals surface area contributed by atoms with Gasteiger partial charge >= 0.3 is 5.97 Å². The maximum atomic E-state index is 12.3. The van der Waals surface area contributed by atoms with Crippen LogP contribution in [0.15, 0.2) is 29.8 Å². The molecule has 0 aromatic carbocycles. The number of aromatic nitrogens is 1. The van der Waals surface area contributed by atoms with Crippen LogP contribution in [-0.4, -0.2) is 41.6 Å². The summed E-state index contributed by atoms with van der Waals surface area (Å²) in [5.74, 6) is 1.78. The summed E-state index contributed by atoms with van der Waals surface area (Å²) in [6.45, 7) is 0. The van der Waals surface area contributed by atoms with Crippen LogP contribution in [0.5, 0.6) is 5.88 Å². The number of anilines is 1. The highest BCUT2D eigenvalue weighted by Crippen LogP contribution is 2.25. The van der Waals surface area contributed by atoms with Gasteiger partial charge in [0, 0.05) is 18.0 Å². The molecule has 0 radical (unpaired) electrons. The third kappa shape index (κ3) is 3.88. The van der Waals surface area contributed by atoms with Crippen LogP contribution in [0, 0.1) is 0 Å². The van der Waals surface area contributed by atoms with Crippen molar-refractivity contribution in [2.75, 3.05) is 23.9 Å². The van der Waals surface area contributed by atoms with E-state index in [9.17, 15) is 9.59 Å². The lowest BCUT2D eigenvalue weighted by Gasteiger charge is -2.11. The van der Waals surface area contributed by atoms with Crippen LogP contribution in [0.1, 0.15) is 27.1 Å². The number of amides is 1. The van der Waals surface area contributed by atoms with E-state index >= 15 is 0 Å². The number of carbonyl (C=O) groups excluding carboxylic acids is 2. The molecule has 0 bridgehead atoms. The SMILES string of the molecule is COC(=O)c1ccsc1NC(=O)c1ccc(OC2CCSC2)nc1. The molecule has 2 aromatic heterocycles. The lowest BCUT2D eigenvalue weighted by Crippen LogP contribution is -2.16. The lowest BCUT2D eigenvalue weighted by molar-refractivity contribution is 0.0602. The van der Waals surface area contributed by atoms with E-state index < -0.39 is 5.97 Å². The van der Waals surface area contributed by atoms with Crippen molar-refractivity contribution in [2.45, 2.75) is 12.5 Å². The first kappa shape index (κ1) is 16.8. The summed E-state index contributed by atoms with van der Waals surface area (Å²) in [4.78, 5) is 28.1. The standard InChI is InChI=1S/C16H16N2O4S2/c1-21-16(20)12-5-7-24-15(12)18-14(19)10-2-3-13(17-8-10)22-11-4-6-23-9-11/h2-3,5,7-8,11H,4,6,9H2,1H3,(H,18,19). The van der Waals surface area contributed by atoms with Gasteiger partial charge in [0.25, 0.3) is 5.91 Å². The molecule has 1 aliphatic rings. The topological polar surface area (TPSA) is 77.5 Å². The first-order valence-electron chi connectivity index (χ1n) is 7.35. The quantitative estimate of drug-likeness (QED) is 0.822. The molecule has 3 rings (SSSR count). The van der Waals surface area contributed by atoms with Gasteiger partial charge in [0.1, 0.15) is 11.1 Å². The van der Waals surface area contributed by atoms with Crippen molar-refractivity contribution in [3.63, 3.8) is 0 Å². The Hall–Kier alpha value is -2.06. The Morgan fingerprint density at radius 2 is 2.21 bits per heavy atom. The molecular weight excluding hydrogens is 348 g/mol. The summed E-state index contributed by atoms with van der Waals surface area (Å²) in [7, 11) is 1.30. The average molecular weight is 364 g/mol. The Morgan fingerprint density at radius 3 is 2.88 bits per heavy atom. The molecule has 24 heavy (non-hydrogen) atoms. The first-order valence-corrected chi connectivity index (χ1v) is 9.38. The molecule has 8 heteroatoms. The molecular formula is C16H16N2O4S2. The molecule has 6 nitrogen and oxygen atoms in total. The molecule has 126 valence electrons. The Morgan fingerprint density at radius 1 is 1.33 bits per heavy atom. The summed E-state index contributed by atoms with van der Waals surface area (Å²) in [6.07, 6.45) is 2.68. The Kier molecular flexibility index (Phi) is 5.37. The van der Waals surface area contributed by atoms with Gasteiger partial charge in [-0.15, -0.1) is 11.3 Å². The number of rotatable bonds is 5. The van der Waals surface area contributed by atoms with Gasteiger partial charge in [-0.2, -0.15) is 11.8 Å². The van der Waals surface area contributed by atoms with Crippen molar-refractivity contribution < 1.29 is 19.1 Å². The smallest absolute Gasteiger partial charge is 0.340 e. The van der Waals surface area contributed by atoms with Crippen LogP contribution >= 0.6 is 23.1 Å². The monoisotopic (exact) mass is 364 g/mol. The molecule has 1 saturated heterocycles. The summed E-state index contributed by atoms with van der Waals surface area (Å²) in [5.41, 5.74) is 0.731. The normalized spacial score (nSPS) is 16.6. The van der Waals surface area contributed by atoms with Crippen LogP contribution in [0.4, 0.5) is 5.00 Å². The second-order valence-electron chi connectivity index (χ2n) is 5.10. The van der Waals surface area contributed by atoms with Gasteiger partial charge in [-0.25, -0.2) is 9.78 Å². The number of nitrogens with zero attached hydrogens (tertiary/aromatic N) is 1. The van der Waals surface area contributed by atoms with E-state index in [1.165, 1.54) is 24.6 Å². The van der Waals surface area contributed by atoms with Crippen LogP contribution < -0.4 is 10.1 Å². The zero-order valence-corrected chi connectivity index (χ0v) is 14.6. The number of esters is 1. The number of ether oxygens (including phenoxy) is 2. The van der Waals surface area contributed by atoms with E-state index in [0.29, 0.717) is 22.0 Å². The lowest BCUT2D eigenvalue weighted by atomic mass is 10.2. The van der Waals surface area contributed by atoms with E-state index in [-0.39, 0.29) is 12.0 Å². The molecule has 0 spiro atoms. The van der Waals surface area contributed by atoms with Crippen LogP contribution in [-0.2, 0) is 4.74 Å². The summed E-state index contributed by atoms with van der Waals surface area (Å²) < 4.78 is 10.4. The predicted molar refractivity (Wildman–Crippen MR) is 94.2 cm³/mol. The highest BCUT2D eigenvalue weighted by molar-refractivity contribution is 7.99. The number of carbonyl (C=O) groups is 2. The first-order chi connectivity index (χ1) is 11.7. The second-order valence-corrected chi connectivity index (χ2v) is 7.16. The molecule has 1 N–H and O–H groups in total. The van der Waals surface area contributed by atoms with E-state index in [2.05, 4.69) is 15.0 Å². The molecule has 1 fully saturated rings. The number of thioether (sulfide) groups is 1. The minimum Gasteiger partial charge on any atom is -0.473 e. The van der Waals surface area contributed by atoms with Crippen LogP contribution in [0.3, 0.4) is 0 Å². The minimum atomic E-state index is -0.483. The van der Waals surface area contributed by atoms with E-state index in [0.717, 1.165) is 17.9 Å². The van der Waals surface area contributed by atoms with Crippen LogP contribution in [0.25, 0.3) is 0 Å². The summed E-state index contributed by atoms with van der Waals surface area (Å²) in [6, 6.07) is 4.96. The molecule has 0 aliphatic carbocycles. The second kappa shape index (κ2) is 7.67. The third-order valence-corrected chi connectivity index (χ3v) is 5.43. The zero-order valence-electron chi connectivity index (χ0n) is 13.0. The van der Waals surface area contributed by atoms with Gasteiger partial charge in [-0.05, 0) is 29.7 Å². The van der Waals surface area contributed by atoms with Crippen molar-refractivity contribution in [3.05, 3.63) is 40.9 Å². The van der Waals surface area contributed by atoms with E-state index in [1.54, 1.807) is 23.6 Å². The number of hydrogen-bond donors (Lipinski definition) is 1. The molecule has 2 aromatic rings. The number of methoxy groups -OCH3 is 1. The third-order valence-electron chi connectivity index (χ3n) is 3.47. The minimum absolute atomic E-state index is 0.191. The highest BCUT2D eigenvalue weighted by Gasteiger charge is 2.19. The Bertz CT molecular complexity index is 724. The van der Waals surface area contributed by atoms with Gasteiger partial charge in [-0.1, -0.05) is 0 Å². The van der Waals surface area contributed by atoms with Crippen molar-refractivity contribution in [2.24, 2.45) is 0 Å². The number of thiophene rings is 1. The van der Waals surface area contributed by atoms with Crippen molar-refractivity contribution >= 4 is 40.0 Å². The zero-order chi connectivity index (χ0) is 16.9. The van der Waals surface area contributed by atoms with Crippen molar-refractivity contribution in [1.82, 2.24) is 4.98 Å². The fourth-order valence-electron chi connectivity index (χ4n) is 2.21. The van der Waals surface area contributed by atoms with Crippen molar-refractivity contribution in [1.29, 1.82) is 0 Å². The molecule has 1 atom stereocenters. The maximum Gasteiger partial charge on any atom is 0.340 e. The molecule has 0 saturated carbocycles. The van der Waals surface area contributed by atoms with Gasteiger partial charge in [0.2, 0.25) is 5.88 Å².